The fraction of sp³-hybridized carbons (Fsp3) is 0.778. The van der Waals surface area contributed by atoms with Gasteiger partial charge in [0.2, 0.25) is 0 Å². The van der Waals surface area contributed by atoms with Crippen LogP contribution in [-0.2, 0) is 19.1 Å². The molecule has 0 bridgehead atoms. The predicted molar refractivity (Wildman–Crippen MR) is 127 cm³/mol. The number of carbonyl (C=O) groups is 2. The number of carboxylic acid groups (broad SMARTS) is 1. The van der Waals surface area contributed by atoms with Crippen molar-refractivity contribution < 1.29 is 24.2 Å². The van der Waals surface area contributed by atoms with Crippen molar-refractivity contribution >= 4 is 11.8 Å². The molecule has 2 aliphatic rings. The summed E-state index contributed by atoms with van der Waals surface area (Å²) in [6.45, 7) is 5.33. The van der Waals surface area contributed by atoms with Crippen molar-refractivity contribution in [2.45, 2.75) is 110 Å². The lowest BCUT2D eigenvalue weighted by molar-refractivity contribution is -0.181. The van der Waals surface area contributed by atoms with E-state index in [-0.39, 0.29) is 18.3 Å². The highest BCUT2D eigenvalue weighted by atomic mass is 16.7. The number of hydrogen-bond donors (Lipinski definition) is 1. The molecule has 1 aliphatic heterocycles. The van der Waals surface area contributed by atoms with Crippen molar-refractivity contribution in [1.82, 2.24) is 0 Å². The number of ether oxygens (including phenoxy) is 2. The summed E-state index contributed by atoms with van der Waals surface area (Å²) in [7, 11) is 0. The Labute approximate surface area is 194 Å². The molecular formula is C27H44O5. The second-order valence-electron chi connectivity index (χ2n) is 9.64. The van der Waals surface area contributed by atoms with Gasteiger partial charge in [-0.15, -0.1) is 0 Å². The molecule has 2 fully saturated rings. The summed E-state index contributed by atoms with van der Waals surface area (Å²) < 4.78 is 12.2. The van der Waals surface area contributed by atoms with Gasteiger partial charge < -0.3 is 14.6 Å². The van der Waals surface area contributed by atoms with E-state index in [9.17, 15) is 9.59 Å². The van der Waals surface area contributed by atoms with Crippen LogP contribution in [0.5, 0.6) is 0 Å². The standard InChI is InChI=1S/C27H44O5/c1-3-4-11-21(2)20-23(32-27-14-9-10-19-31-27)17-15-22-16-18-25(28)24(22)12-7-5-6-8-13-26(29)30/h8,13,15,17,21-24,27H,3-7,9-12,14,16,18-20H2,1-2H3,(H,29,30)/t21-,22-,23+,24+,27?/m0/s1. The molecule has 1 saturated heterocycles. The fourth-order valence-corrected chi connectivity index (χ4v) is 4.88. The first-order chi connectivity index (χ1) is 15.5. The fourth-order valence-electron chi connectivity index (χ4n) is 4.88. The Morgan fingerprint density at radius 2 is 2.09 bits per heavy atom. The summed E-state index contributed by atoms with van der Waals surface area (Å²) in [5.74, 6) is 0.471. The molecule has 0 aromatic rings. The van der Waals surface area contributed by atoms with E-state index < -0.39 is 5.97 Å². The van der Waals surface area contributed by atoms with E-state index in [0.29, 0.717) is 24.0 Å². The number of carboxylic acids is 1. The third kappa shape index (κ3) is 10.4. The molecule has 5 atom stereocenters. The summed E-state index contributed by atoms with van der Waals surface area (Å²) >= 11 is 0. The molecule has 5 heteroatoms. The Bertz CT molecular complexity index is 605. The van der Waals surface area contributed by atoms with Gasteiger partial charge in [0.15, 0.2) is 6.29 Å². The summed E-state index contributed by atoms with van der Waals surface area (Å²) in [6.07, 6.45) is 20.3. The molecule has 1 N–H and O–H groups in total. The van der Waals surface area contributed by atoms with Crippen LogP contribution in [0.4, 0.5) is 0 Å². The monoisotopic (exact) mass is 448 g/mol. The maximum atomic E-state index is 12.5. The highest BCUT2D eigenvalue weighted by molar-refractivity contribution is 5.83. The second-order valence-corrected chi connectivity index (χ2v) is 9.64. The van der Waals surface area contributed by atoms with Crippen molar-refractivity contribution in [2.24, 2.45) is 17.8 Å². The van der Waals surface area contributed by atoms with Crippen molar-refractivity contribution in [2.75, 3.05) is 6.61 Å². The van der Waals surface area contributed by atoms with Crippen molar-refractivity contribution in [1.29, 1.82) is 0 Å². The lowest BCUT2D eigenvalue weighted by Gasteiger charge is -2.28. The molecular weight excluding hydrogens is 404 g/mol. The van der Waals surface area contributed by atoms with Crippen LogP contribution in [0, 0.1) is 17.8 Å². The average Bonchev–Trinajstić information content (AvgIpc) is 3.13. The predicted octanol–water partition coefficient (Wildman–Crippen LogP) is 6.47. The molecule has 0 aromatic heterocycles. The van der Waals surface area contributed by atoms with Gasteiger partial charge >= 0.3 is 5.97 Å². The number of Topliss-reactive ketones (excluding diaryl/α,β-unsaturated/α-hetero) is 1. The van der Waals surface area contributed by atoms with E-state index in [1.807, 2.05) is 0 Å². The van der Waals surface area contributed by atoms with Gasteiger partial charge in [-0.2, -0.15) is 0 Å². The Kier molecular flexibility index (Phi) is 12.9. The number of ketones is 1. The van der Waals surface area contributed by atoms with Crippen LogP contribution >= 0.6 is 0 Å². The first-order valence-corrected chi connectivity index (χ1v) is 12.9. The zero-order valence-corrected chi connectivity index (χ0v) is 20.2. The second kappa shape index (κ2) is 15.4. The SMILES string of the molecule is CCCC[C@H](C)C[C@@H](C=C[C@H]1CCC(=O)[C@@H]1CCCCC=CC(=O)O)OC1CCCCO1. The molecule has 0 aromatic carbocycles. The molecule has 5 nitrogen and oxygen atoms in total. The molecule has 32 heavy (non-hydrogen) atoms. The van der Waals surface area contributed by atoms with Crippen molar-refractivity contribution in [3.05, 3.63) is 24.3 Å². The minimum atomic E-state index is -0.902. The minimum absolute atomic E-state index is 0.0439. The number of aliphatic carboxylic acids is 1. The van der Waals surface area contributed by atoms with Crippen LogP contribution in [0.25, 0.3) is 0 Å². The zero-order chi connectivity index (χ0) is 23.2. The molecule has 2 rings (SSSR count). The van der Waals surface area contributed by atoms with E-state index in [1.165, 1.54) is 25.3 Å². The number of carbonyl (C=O) groups excluding carboxylic acids is 1. The highest BCUT2D eigenvalue weighted by Gasteiger charge is 2.32. The van der Waals surface area contributed by atoms with Gasteiger partial charge in [0.05, 0.1) is 6.10 Å². The van der Waals surface area contributed by atoms with Crippen LogP contribution in [0.1, 0.15) is 97.3 Å². The van der Waals surface area contributed by atoms with Crippen molar-refractivity contribution in [3.63, 3.8) is 0 Å². The van der Waals surface area contributed by atoms with Gasteiger partial charge in [0.25, 0.3) is 0 Å². The minimum Gasteiger partial charge on any atom is -0.478 e. The molecule has 1 unspecified atom stereocenters. The van der Waals surface area contributed by atoms with E-state index >= 15 is 0 Å². The Hall–Kier alpha value is -1.46. The lowest BCUT2D eigenvalue weighted by atomic mass is 9.89. The largest absolute Gasteiger partial charge is 0.478 e. The van der Waals surface area contributed by atoms with Gasteiger partial charge in [-0.1, -0.05) is 57.8 Å². The van der Waals surface area contributed by atoms with E-state index in [0.717, 1.165) is 64.4 Å². The third-order valence-corrected chi connectivity index (χ3v) is 6.77. The smallest absolute Gasteiger partial charge is 0.327 e. The van der Waals surface area contributed by atoms with Gasteiger partial charge in [-0.25, -0.2) is 4.79 Å². The Morgan fingerprint density at radius 1 is 1.25 bits per heavy atom. The van der Waals surface area contributed by atoms with E-state index in [2.05, 4.69) is 26.0 Å². The van der Waals surface area contributed by atoms with Gasteiger partial charge in [0, 0.05) is 25.0 Å². The van der Waals surface area contributed by atoms with E-state index in [4.69, 9.17) is 14.6 Å². The van der Waals surface area contributed by atoms with Crippen LogP contribution < -0.4 is 0 Å². The summed E-state index contributed by atoms with van der Waals surface area (Å²) in [6, 6.07) is 0. The molecule has 1 aliphatic carbocycles. The van der Waals surface area contributed by atoms with Gasteiger partial charge in [-0.3, -0.25) is 4.79 Å². The van der Waals surface area contributed by atoms with Crippen molar-refractivity contribution in [3.8, 4) is 0 Å². The summed E-state index contributed by atoms with van der Waals surface area (Å²) in [5, 5.41) is 8.66. The normalized spacial score (nSPS) is 26.2. The van der Waals surface area contributed by atoms with Gasteiger partial charge in [0.1, 0.15) is 5.78 Å². The number of hydrogen-bond acceptors (Lipinski definition) is 4. The quantitative estimate of drug-likeness (QED) is 0.177. The van der Waals surface area contributed by atoms with Crippen LogP contribution in [0.2, 0.25) is 0 Å². The van der Waals surface area contributed by atoms with E-state index in [1.54, 1.807) is 6.08 Å². The number of rotatable bonds is 15. The Morgan fingerprint density at radius 3 is 2.81 bits per heavy atom. The summed E-state index contributed by atoms with van der Waals surface area (Å²) in [5.41, 5.74) is 0. The number of unbranched alkanes of at least 4 members (excludes halogenated alkanes) is 3. The summed E-state index contributed by atoms with van der Waals surface area (Å²) in [4.78, 5) is 23.0. The number of allylic oxidation sites excluding steroid dienone is 2. The van der Waals surface area contributed by atoms with Crippen LogP contribution in [-0.4, -0.2) is 35.9 Å². The highest BCUT2D eigenvalue weighted by Crippen LogP contribution is 2.34. The maximum Gasteiger partial charge on any atom is 0.327 e. The average molecular weight is 449 g/mol. The first kappa shape index (κ1) is 26.8. The van der Waals surface area contributed by atoms with Gasteiger partial charge in [-0.05, 0) is 63.2 Å². The molecule has 1 heterocycles. The maximum absolute atomic E-state index is 12.5. The molecule has 0 radical (unpaired) electrons. The first-order valence-electron chi connectivity index (χ1n) is 12.9. The molecule has 0 amide bonds. The third-order valence-electron chi connectivity index (χ3n) is 6.77. The lowest BCUT2D eigenvalue weighted by Crippen LogP contribution is -2.28. The Balaban J connectivity index is 1.89. The zero-order valence-electron chi connectivity index (χ0n) is 20.2. The molecule has 182 valence electrons. The molecule has 1 saturated carbocycles. The van der Waals surface area contributed by atoms with Crippen LogP contribution in [0.3, 0.4) is 0 Å². The molecule has 0 spiro atoms. The topological polar surface area (TPSA) is 72.8 Å². The van der Waals surface area contributed by atoms with Crippen LogP contribution in [0.15, 0.2) is 24.3 Å².